The largest absolute Gasteiger partial charge is 0.397 e. The van der Waals surface area contributed by atoms with Crippen LogP contribution in [0.15, 0.2) is 12.1 Å². The summed E-state index contributed by atoms with van der Waals surface area (Å²) in [7, 11) is 0. The molecule has 0 radical (unpaired) electrons. The van der Waals surface area contributed by atoms with Crippen molar-refractivity contribution in [2.45, 2.75) is 31.4 Å². The molecule has 2 aromatic heterocycles. The Labute approximate surface area is 132 Å². The molecule has 3 rings (SSSR count). The molecule has 0 aliphatic carbocycles. The van der Waals surface area contributed by atoms with Gasteiger partial charge in [0.1, 0.15) is 9.71 Å². The molecule has 1 aliphatic rings. The van der Waals surface area contributed by atoms with Crippen LogP contribution in [0.2, 0.25) is 0 Å². The lowest BCUT2D eigenvalue weighted by molar-refractivity contribution is 0.0958. The van der Waals surface area contributed by atoms with Crippen molar-refractivity contribution in [2.75, 3.05) is 18.0 Å². The standard InChI is InChI=1S/C15H19N3OS2/c1-9-5-6-11-12(16)13(21-15(11)18-9)14(19)17-8-10-4-2-3-7-20-10/h5-6,10H,2-4,7-8,16H2,1H3,(H,17,19). The normalized spacial score (nSPS) is 18.8. The van der Waals surface area contributed by atoms with Crippen LogP contribution in [0.4, 0.5) is 5.69 Å². The number of nitrogens with zero attached hydrogens (tertiary/aromatic N) is 1. The second-order valence-corrected chi connectivity index (χ2v) is 7.76. The number of hydrogen-bond donors (Lipinski definition) is 2. The lowest BCUT2D eigenvalue weighted by Gasteiger charge is -2.21. The minimum Gasteiger partial charge on any atom is -0.397 e. The molecular weight excluding hydrogens is 302 g/mol. The van der Waals surface area contributed by atoms with Crippen LogP contribution in [-0.4, -0.2) is 28.4 Å². The Balaban J connectivity index is 1.73. The molecular formula is C15H19N3OS2. The van der Waals surface area contributed by atoms with Crippen molar-refractivity contribution in [3.05, 3.63) is 22.7 Å². The number of pyridine rings is 1. The van der Waals surface area contributed by atoms with Gasteiger partial charge in [0, 0.05) is 22.9 Å². The first-order valence-corrected chi connectivity index (χ1v) is 9.07. The van der Waals surface area contributed by atoms with Crippen LogP contribution >= 0.6 is 23.1 Å². The number of amides is 1. The Morgan fingerprint density at radius 3 is 3.10 bits per heavy atom. The number of nitrogens with one attached hydrogen (secondary N) is 1. The number of carbonyl (C=O) groups excluding carboxylic acids is 1. The zero-order valence-electron chi connectivity index (χ0n) is 12.0. The Morgan fingerprint density at radius 1 is 1.48 bits per heavy atom. The quantitative estimate of drug-likeness (QED) is 0.911. The van der Waals surface area contributed by atoms with Crippen LogP contribution in [0, 0.1) is 6.92 Å². The van der Waals surface area contributed by atoms with Crippen molar-refractivity contribution in [2.24, 2.45) is 0 Å². The lowest BCUT2D eigenvalue weighted by atomic mass is 10.2. The maximum absolute atomic E-state index is 12.3. The molecule has 3 heterocycles. The summed E-state index contributed by atoms with van der Waals surface area (Å²) < 4.78 is 0. The number of nitrogen functional groups attached to an aromatic ring is 1. The van der Waals surface area contributed by atoms with E-state index in [1.54, 1.807) is 0 Å². The first-order valence-electron chi connectivity index (χ1n) is 7.20. The van der Waals surface area contributed by atoms with Gasteiger partial charge in [-0.2, -0.15) is 11.8 Å². The van der Waals surface area contributed by atoms with E-state index in [2.05, 4.69) is 10.3 Å². The Hall–Kier alpha value is -1.27. The van der Waals surface area contributed by atoms with Crippen LogP contribution in [-0.2, 0) is 0 Å². The SMILES string of the molecule is Cc1ccc2c(N)c(C(=O)NCC3CCCCS3)sc2n1. The van der Waals surface area contributed by atoms with Gasteiger partial charge in [-0.3, -0.25) is 4.79 Å². The summed E-state index contributed by atoms with van der Waals surface area (Å²) in [6, 6.07) is 3.86. The Morgan fingerprint density at radius 2 is 2.33 bits per heavy atom. The molecule has 1 aliphatic heterocycles. The number of thioether (sulfide) groups is 1. The molecule has 1 amide bonds. The molecule has 6 heteroatoms. The zero-order valence-corrected chi connectivity index (χ0v) is 13.6. The van der Waals surface area contributed by atoms with Gasteiger partial charge in [0.2, 0.25) is 0 Å². The second-order valence-electron chi connectivity index (χ2n) is 5.35. The van der Waals surface area contributed by atoms with Gasteiger partial charge in [0.25, 0.3) is 5.91 Å². The maximum Gasteiger partial charge on any atom is 0.263 e. The van der Waals surface area contributed by atoms with Crippen LogP contribution < -0.4 is 11.1 Å². The van der Waals surface area contributed by atoms with Crippen molar-refractivity contribution < 1.29 is 4.79 Å². The van der Waals surface area contributed by atoms with Gasteiger partial charge in [-0.25, -0.2) is 4.98 Å². The minimum absolute atomic E-state index is 0.0701. The van der Waals surface area contributed by atoms with Gasteiger partial charge in [0.05, 0.1) is 5.69 Å². The summed E-state index contributed by atoms with van der Waals surface area (Å²) in [6.45, 7) is 2.67. The second kappa shape index (κ2) is 6.23. The van der Waals surface area contributed by atoms with E-state index in [1.165, 1.54) is 36.4 Å². The van der Waals surface area contributed by atoms with Crippen LogP contribution in [0.1, 0.15) is 34.6 Å². The molecule has 0 bridgehead atoms. The number of nitrogens with two attached hydrogens (primary N) is 1. The molecule has 1 atom stereocenters. The molecule has 112 valence electrons. The zero-order chi connectivity index (χ0) is 14.8. The van der Waals surface area contributed by atoms with Crippen LogP contribution in [0.3, 0.4) is 0 Å². The summed E-state index contributed by atoms with van der Waals surface area (Å²) in [5, 5.41) is 4.45. The van der Waals surface area contributed by atoms with Crippen LogP contribution in [0.5, 0.6) is 0 Å². The molecule has 0 saturated carbocycles. The highest BCUT2D eigenvalue weighted by Gasteiger charge is 2.19. The smallest absolute Gasteiger partial charge is 0.263 e. The number of anilines is 1. The maximum atomic E-state index is 12.3. The van der Waals surface area contributed by atoms with Gasteiger partial charge in [-0.1, -0.05) is 6.42 Å². The number of fused-ring (bicyclic) bond motifs is 1. The van der Waals surface area contributed by atoms with Crippen LogP contribution in [0.25, 0.3) is 10.2 Å². The molecule has 1 unspecified atom stereocenters. The number of aromatic nitrogens is 1. The fourth-order valence-electron chi connectivity index (χ4n) is 2.51. The number of hydrogen-bond acceptors (Lipinski definition) is 5. The predicted octanol–water partition coefficient (Wildman–Crippen LogP) is 3.20. The third kappa shape index (κ3) is 3.16. The van der Waals surface area contributed by atoms with E-state index in [0.29, 0.717) is 15.8 Å². The van der Waals surface area contributed by atoms with Gasteiger partial charge >= 0.3 is 0 Å². The Kier molecular flexibility index (Phi) is 4.35. The number of aryl methyl sites for hydroxylation is 1. The van der Waals surface area contributed by atoms with Gasteiger partial charge in [0.15, 0.2) is 0 Å². The average molecular weight is 321 g/mol. The number of rotatable bonds is 3. The van der Waals surface area contributed by atoms with Crippen molar-refractivity contribution in [1.29, 1.82) is 0 Å². The fraction of sp³-hybridized carbons (Fsp3) is 0.467. The van der Waals surface area contributed by atoms with E-state index in [-0.39, 0.29) is 5.91 Å². The van der Waals surface area contributed by atoms with Gasteiger partial charge < -0.3 is 11.1 Å². The molecule has 21 heavy (non-hydrogen) atoms. The Bertz CT molecular complexity index is 662. The molecule has 1 saturated heterocycles. The summed E-state index contributed by atoms with van der Waals surface area (Å²) in [5.74, 6) is 1.13. The molecule has 4 nitrogen and oxygen atoms in total. The van der Waals surface area contributed by atoms with Gasteiger partial charge in [-0.05, 0) is 37.7 Å². The van der Waals surface area contributed by atoms with Gasteiger partial charge in [-0.15, -0.1) is 11.3 Å². The number of thiophene rings is 1. The highest BCUT2D eigenvalue weighted by Crippen LogP contribution is 2.32. The minimum atomic E-state index is -0.0701. The fourth-order valence-corrected chi connectivity index (χ4v) is 4.81. The van der Waals surface area contributed by atoms with Crippen molar-refractivity contribution >= 4 is 44.9 Å². The van der Waals surface area contributed by atoms with E-state index < -0.39 is 0 Å². The summed E-state index contributed by atoms with van der Waals surface area (Å²) in [6.07, 6.45) is 3.75. The third-order valence-electron chi connectivity index (χ3n) is 3.70. The van der Waals surface area contributed by atoms with Crippen molar-refractivity contribution in [3.63, 3.8) is 0 Å². The van der Waals surface area contributed by atoms with E-state index in [0.717, 1.165) is 22.5 Å². The monoisotopic (exact) mass is 321 g/mol. The first-order chi connectivity index (χ1) is 10.1. The topological polar surface area (TPSA) is 68.0 Å². The molecule has 3 N–H and O–H groups in total. The highest BCUT2D eigenvalue weighted by molar-refractivity contribution is 7.99. The van der Waals surface area contributed by atoms with E-state index in [4.69, 9.17) is 5.73 Å². The van der Waals surface area contributed by atoms with E-state index >= 15 is 0 Å². The lowest BCUT2D eigenvalue weighted by Crippen LogP contribution is -2.31. The van der Waals surface area contributed by atoms with E-state index in [1.807, 2.05) is 30.8 Å². The molecule has 0 spiro atoms. The molecule has 0 aromatic carbocycles. The summed E-state index contributed by atoms with van der Waals surface area (Å²) >= 11 is 3.33. The van der Waals surface area contributed by atoms with E-state index in [9.17, 15) is 4.79 Å². The predicted molar refractivity (Wildman–Crippen MR) is 91.2 cm³/mol. The van der Waals surface area contributed by atoms with Crippen molar-refractivity contribution in [3.8, 4) is 0 Å². The first kappa shape index (κ1) is 14.7. The summed E-state index contributed by atoms with van der Waals surface area (Å²) in [5.41, 5.74) is 7.59. The van der Waals surface area contributed by atoms with Crippen molar-refractivity contribution in [1.82, 2.24) is 10.3 Å². The summed E-state index contributed by atoms with van der Waals surface area (Å²) in [4.78, 5) is 18.2. The molecule has 2 aromatic rings. The third-order valence-corrected chi connectivity index (χ3v) is 6.22. The number of carbonyl (C=O) groups is 1. The average Bonchev–Trinajstić information content (AvgIpc) is 2.82. The molecule has 1 fully saturated rings. The highest BCUT2D eigenvalue weighted by atomic mass is 32.2.